The van der Waals surface area contributed by atoms with E-state index in [0.717, 1.165) is 28.1 Å². The summed E-state index contributed by atoms with van der Waals surface area (Å²) in [5.74, 6) is 0.661. The number of pyridine rings is 1. The van der Waals surface area contributed by atoms with Gasteiger partial charge in [0.1, 0.15) is 23.5 Å². The maximum Gasteiger partial charge on any atom is 0.139 e. The van der Waals surface area contributed by atoms with Crippen molar-refractivity contribution in [1.82, 2.24) is 15.0 Å². The Morgan fingerprint density at radius 2 is 1.96 bits per heavy atom. The number of aromatic nitrogens is 3. The van der Waals surface area contributed by atoms with Gasteiger partial charge in [0.05, 0.1) is 5.69 Å². The lowest BCUT2D eigenvalue weighted by Crippen LogP contribution is -2.01. The van der Waals surface area contributed by atoms with Gasteiger partial charge >= 0.3 is 0 Å². The van der Waals surface area contributed by atoms with Crippen molar-refractivity contribution in [2.75, 3.05) is 12.4 Å². The van der Waals surface area contributed by atoms with E-state index in [2.05, 4.69) is 43.5 Å². The van der Waals surface area contributed by atoms with Crippen molar-refractivity contribution in [1.29, 1.82) is 0 Å². The van der Waals surface area contributed by atoms with Crippen LogP contribution in [0.1, 0.15) is 16.8 Å². The van der Waals surface area contributed by atoms with Crippen LogP contribution in [0.2, 0.25) is 0 Å². The van der Waals surface area contributed by atoms with Crippen LogP contribution >= 0.6 is 0 Å². The van der Waals surface area contributed by atoms with Crippen LogP contribution in [-0.4, -0.2) is 34.9 Å². The molecule has 134 valence electrons. The van der Waals surface area contributed by atoms with Crippen LogP contribution in [0.5, 0.6) is 0 Å². The van der Waals surface area contributed by atoms with Crippen LogP contribution in [0.3, 0.4) is 0 Å². The summed E-state index contributed by atoms with van der Waals surface area (Å²) in [6.45, 7) is 9.46. The van der Waals surface area contributed by atoms with Crippen molar-refractivity contribution >= 4 is 36.2 Å². The highest BCUT2D eigenvalue weighted by atomic mass is 15.0. The van der Waals surface area contributed by atoms with Crippen molar-refractivity contribution in [3.8, 4) is 11.3 Å². The molecule has 3 rings (SSSR count). The molecule has 3 aromatic rings. The van der Waals surface area contributed by atoms with Crippen LogP contribution in [-0.2, 0) is 0 Å². The predicted molar refractivity (Wildman–Crippen MR) is 113 cm³/mol. The molecular weight excluding hydrogens is 336 g/mol. The molecule has 0 atom stereocenters. The van der Waals surface area contributed by atoms with Gasteiger partial charge in [0.2, 0.25) is 0 Å². The molecule has 0 radical (unpaired) electrons. The van der Waals surface area contributed by atoms with E-state index in [1.807, 2.05) is 37.3 Å². The molecule has 6 heteroatoms. The second-order valence-electron chi connectivity index (χ2n) is 5.74. The average molecular weight is 356 g/mol. The summed E-state index contributed by atoms with van der Waals surface area (Å²) in [5, 5.41) is 3.39. The lowest BCUT2D eigenvalue weighted by atomic mass is 10.1. The maximum atomic E-state index is 4.50. The van der Waals surface area contributed by atoms with Gasteiger partial charge in [-0.25, -0.2) is 15.0 Å². The molecule has 2 heterocycles. The van der Waals surface area contributed by atoms with Crippen LogP contribution in [0.4, 0.5) is 17.2 Å². The van der Waals surface area contributed by atoms with E-state index in [-0.39, 0.29) is 0 Å². The van der Waals surface area contributed by atoms with Gasteiger partial charge in [-0.1, -0.05) is 24.8 Å². The van der Waals surface area contributed by atoms with E-state index in [1.165, 1.54) is 6.33 Å². The Morgan fingerprint density at radius 3 is 2.70 bits per heavy atom. The second kappa shape index (κ2) is 8.14. The summed E-state index contributed by atoms with van der Waals surface area (Å²) in [6, 6.07) is 9.72. The van der Waals surface area contributed by atoms with Crippen molar-refractivity contribution in [3.05, 3.63) is 66.3 Å². The van der Waals surface area contributed by atoms with Gasteiger partial charge in [0, 0.05) is 41.8 Å². The number of rotatable bonds is 6. The first-order valence-electron chi connectivity index (χ1n) is 8.38. The zero-order valence-corrected chi connectivity index (χ0v) is 15.3. The van der Waals surface area contributed by atoms with Gasteiger partial charge in [0.15, 0.2) is 0 Å². The van der Waals surface area contributed by atoms with Crippen LogP contribution in [0.15, 0.2) is 59.4 Å². The molecular formula is C21H20N6. The number of aliphatic imine (C=N–C) groups is 2. The van der Waals surface area contributed by atoms with Gasteiger partial charge < -0.3 is 5.32 Å². The Labute approximate surface area is 158 Å². The minimum atomic E-state index is 0.643. The topological polar surface area (TPSA) is 75.4 Å². The maximum absolute atomic E-state index is 4.50. The lowest BCUT2D eigenvalue weighted by molar-refractivity contribution is 1.10. The molecule has 0 bridgehead atoms. The van der Waals surface area contributed by atoms with Gasteiger partial charge in [-0.15, -0.1) is 0 Å². The molecule has 0 unspecified atom stereocenters. The standard InChI is InChI=1S/C21H20N6/c1-5-16-15(12-22-3)8-6-10-18(16)27-21-17(9-7-11-24-21)20-19(23-4)14(2)25-13-26-20/h5-13H,1,4H2,2-3H3,(H,24,27)/b22-12-. The molecule has 0 saturated carbocycles. The molecule has 2 aromatic heterocycles. The third kappa shape index (κ3) is 3.64. The summed E-state index contributed by atoms with van der Waals surface area (Å²) < 4.78 is 0. The van der Waals surface area contributed by atoms with Crippen LogP contribution in [0.25, 0.3) is 17.3 Å². The minimum absolute atomic E-state index is 0.643. The summed E-state index contributed by atoms with van der Waals surface area (Å²) in [6.07, 6.45) is 6.85. The van der Waals surface area contributed by atoms with E-state index in [4.69, 9.17) is 0 Å². The lowest BCUT2D eigenvalue weighted by Gasteiger charge is -2.15. The van der Waals surface area contributed by atoms with Crippen LogP contribution in [0, 0.1) is 6.92 Å². The molecule has 0 fully saturated rings. The molecule has 6 nitrogen and oxygen atoms in total. The van der Waals surface area contributed by atoms with Crippen molar-refractivity contribution in [2.24, 2.45) is 9.98 Å². The van der Waals surface area contributed by atoms with Crippen LogP contribution < -0.4 is 5.32 Å². The number of aryl methyl sites for hydroxylation is 1. The highest BCUT2D eigenvalue weighted by Gasteiger charge is 2.15. The van der Waals surface area contributed by atoms with E-state index in [1.54, 1.807) is 25.5 Å². The Balaban J connectivity index is 2.12. The Morgan fingerprint density at radius 1 is 1.11 bits per heavy atom. The van der Waals surface area contributed by atoms with Gasteiger partial charge in [0.25, 0.3) is 0 Å². The highest BCUT2D eigenvalue weighted by Crippen LogP contribution is 2.35. The zero-order chi connectivity index (χ0) is 19.2. The summed E-state index contributed by atoms with van der Waals surface area (Å²) >= 11 is 0. The van der Waals surface area contributed by atoms with E-state index in [9.17, 15) is 0 Å². The van der Waals surface area contributed by atoms with Gasteiger partial charge in [-0.3, -0.25) is 9.98 Å². The van der Waals surface area contributed by atoms with Crippen molar-refractivity contribution in [3.63, 3.8) is 0 Å². The normalized spacial score (nSPS) is 10.7. The largest absolute Gasteiger partial charge is 0.339 e. The van der Waals surface area contributed by atoms with Gasteiger partial charge in [-0.05, 0) is 31.8 Å². The fraction of sp³-hybridized carbons (Fsp3) is 0.0952. The first-order chi connectivity index (χ1) is 13.2. The summed E-state index contributed by atoms with van der Waals surface area (Å²) in [4.78, 5) is 21.3. The fourth-order valence-electron chi connectivity index (χ4n) is 2.85. The molecule has 27 heavy (non-hydrogen) atoms. The SMILES string of the molecule is C=Cc1c(/C=N\C)cccc1Nc1ncccc1-c1ncnc(C)c1N=C. The molecule has 0 saturated heterocycles. The zero-order valence-electron chi connectivity index (χ0n) is 15.3. The Bertz CT molecular complexity index is 1020. The summed E-state index contributed by atoms with van der Waals surface area (Å²) in [7, 11) is 1.74. The first-order valence-corrected chi connectivity index (χ1v) is 8.38. The number of nitrogens with zero attached hydrogens (tertiary/aromatic N) is 5. The fourth-order valence-corrected chi connectivity index (χ4v) is 2.85. The van der Waals surface area contributed by atoms with E-state index in [0.29, 0.717) is 17.2 Å². The van der Waals surface area contributed by atoms with E-state index >= 15 is 0 Å². The van der Waals surface area contributed by atoms with Gasteiger partial charge in [-0.2, -0.15) is 0 Å². The Hall–Kier alpha value is -3.67. The molecule has 0 spiro atoms. The summed E-state index contributed by atoms with van der Waals surface area (Å²) in [5.41, 5.74) is 5.69. The Kier molecular flexibility index (Phi) is 5.47. The molecule has 0 aliphatic heterocycles. The molecule has 0 aliphatic carbocycles. The third-order valence-corrected chi connectivity index (χ3v) is 4.09. The minimum Gasteiger partial charge on any atom is -0.339 e. The number of nitrogens with one attached hydrogen (secondary N) is 1. The van der Waals surface area contributed by atoms with Crippen molar-refractivity contribution < 1.29 is 0 Å². The van der Waals surface area contributed by atoms with Crippen molar-refractivity contribution in [2.45, 2.75) is 6.92 Å². The second-order valence-corrected chi connectivity index (χ2v) is 5.74. The number of hydrogen-bond acceptors (Lipinski definition) is 6. The monoisotopic (exact) mass is 356 g/mol. The quantitative estimate of drug-likeness (QED) is 0.654. The predicted octanol–water partition coefficient (Wildman–Crippen LogP) is 4.61. The number of hydrogen-bond donors (Lipinski definition) is 1. The molecule has 1 aromatic carbocycles. The first kappa shape index (κ1) is 18.1. The smallest absolute Gasteiger partial charge is 0.139 e. The average Bonchev–Trinajstić information content (AvgIpc) is 2.69. The van der Waals surface area contributed by atoms with E-state index < -0.39 is 0 Å². The molecule has 1 N–H and O–H groups in total. The highest BCUT2D eigenvalue weighted by molar-refractivity contribution is 5.91. The number of benzene rings is 1. The molecule has 0 aliphatic rings. The molecule has 0 amide bonds. The third-order valence-electron chi connectivity index (χ3n) is 4.09. The number of anilines is 2.